The Labute approximate surface area is 104 Å². The van der Waals surface area contributed by atoms with E-state index in [1.54, 1.807) is 6.07 Å². The van der Waals surface area contributed by atoms with Crippen molar-refractivity contribution >= 4 is 10.0 Å². The molecule has 1 rings (SSSR count). The summed E-state index contributed by atoms with van der Waals surface area (Å²) >= 11 is 0. The fourth-order valence-corrected chi connectivity index (χ4v) is 3.42. The normalized spacial score (nSPS) is 13.6. The van der Waals surface area contributed by atoms with E-state index in [4.69, 9.17) is 0 Å². The predicted octanol–water partition coefficient (Wildman–Crippen LogP) is 2.77. The molecule has 0 aromatic heterocycles. The first-order valence-corrected chi connectivity index (χ1v) is 7.44. The lowest BCUT2D eigenvalue weighted by molar-refractivity contribution is 0.543. The highest BCUT2D eigenvalue weighted by Crippen LogP contribution is 2.17. The second kappa shape index (κ2) is 5.65. The molecular formula is C13H21NO2S. The maximum atomic E-state index is 12.2. The number of sulfonamides is 1. The highest BCUT2D eigenvalue weighted by atomic mass is 32.2. The molecule has 0 saturated carbocycles. The average Bonchev–Trinajstić information content (AvgIpc) is 2.21. The van der Waals surface area contributed by atoms with Gasteiger partial charge in [0.2, 0.25) is 10.0 Å². The number of benzene rings is 1. The summed E-state index contributed by atoms with van der Waals surface area (Å²) in [6.07, 6.45) is 1.82. The van der Waals surface area contributed by atoms with Crippen molar-refractivity contribution in [1.82, 2.24) is 4.72 Å². The molecular weight excluding hydrogens is 234 g/mol. The molecule has 0 aliphatic carbocycles. The van der Waals surface area contributed by atoms with Gasteiger partial charge in [0, 0.05) is 6.04 Å². The highest BCUT2D eigenvalue weighted by molar-refractivity contribution is 7.89. The van der Waals surface area contributed by atoms with E-state index in [9.17, 15) is 8.42 Å². The Morgan fingerprint density at radius 1 is 1.29 bits per heavy atom. The van der Waals surface area contributed by atoms with Crippen LogP contribution >= 0.6 is 0 Å². The molecule has 1 N–H and O–H groups in total. The minimum Gasteiger partial charge on any atom is -0.208 e. The molecule has 4 heteroatoms. The van der Waals surface area contributed by atoms with Crippen LogP contribution in [0.25, 0.3) is 0 Å². The van der Waals surface area contributed by atoms with E-state index in [1.165, 1.54) is 0 Å². The quantitative estimate of drug-likeness (QED) is 0.879. The van der Waals surface area contributed by atoms with Crippen molar-refractivity contribution in [2.45, 2.75) is 51.5 Å². The number of rotatable bonds is 5. The lowest BCUT2D eigenvalue weighted by Gasteiger charge is -2.15. The lowest BCUT2D eigenvalue weighted by Crippen LogP contribution is -2.32. The van der Waals surface area contributed by atoms with Gasteiger partial charge in [-0.1, -0.05) is 25.5 Å². The van der Waals surface area contributed by atoms with Crippen LogP contribution in [0.5, 0.6) is 0 Å². The predicted molar refractivity (Wildman–Crippen MR) is 70.6 cm³/mol. The Kier molecular flexibility index (Phi) is 4.71. The van der Waals surface area contributed by atoms with Crippen molar-refractivity contribution in [3.8, 4) is 0 Å². The third kappa shape index (κ3) is 3.82. The van der Waals surface area contributed by atoms with E-state index in [1.807, 2.05) is 39.8 Å². The van der Waals surface area contributed by atoms with Gasteiger partial charge in [-0.05, 0) is 44.4 Å². The molecule has 0 saturated heterocycles. The standard InChI is InChI=1S/C13H21NO2S/c1-5-6-12(4)14-17(15,16)13-9-10(2)7-8-11(13)3/h7-9,12,14H,5-6H2,1-4H3/t12-/m1/s1. The molecule has 0 heterocycles. The van der Waals surface area contributed by atoms with Crippen LogP contribution in [0.3, 0.4) is 0 Å². The summed E-state index contributed by atoms with van der Waals surface area (Å²) in [5.41, 5.74) is 1.74. The van der Waals surface area contributed by atoms with Crippen molar-refractivity contribution in [2.24, 2.45) is 0 Å². The van der Waals surface area contributed by atoms with Crippen LogP contribution in [0, 0.1) is 13.8 Å². The van der Waals surface area contributed by atoms with E-state index < -0.39 is 10.0 Å². The zero-order valence-electron chi connectivity index (χ0n) is 10.9. The van der Waals surface area contributed by atoms with Gasteiger partial charge in [0.25, 0.3) is 0 Å². The fourth-order valence-electron chi connectivity index (χ4n) is 1.82. The molecule has 3 nitrogen and oxygen atoms in total. The molecule has 0 unspecified atom stereocenters. The van der Waals surface area contributed by atoms with Gasteiger partial charge in [-0.3, -0.25) is 0 Å². The molecule has 1 atom stereocenters. The Morgan fingerprint density at radius 2 is 1.94 bits per heavy atom. The Balaban J connectivity index is 3.01. The summed E-state index contributed by atoms with van der Waals surface area (Å²) in [7, 11) is -3.38. The Bertz CT molecular complexity index is 480. The SMILES string of the molecule is CCC[C@@H](C)NS(=O)(=O)c1cc(C)ccc1C. The summed E-state index contributed by atoms with van der Waals surface area (Å²) in [4.78, 5) is 0.389. The highest BCUT2D eigenvalue weighted by Gasteiger charge is 2.18. The lowest BCUT2D eigenvalue weighted by atomic mass is 10.2. The molecule has 1 aromatic rings. The molecule has 1 aromatic carbocycles. The van der Waals surface area contributed by atoms with E-state index in [0.717, 1.165) is 24.0 Å². The van der Waals surface area contributed by atoms with E-state index in [-0.39, 0.29) is 6.04 Å². The van der Waals surface area contributed by atoms with Crippen LogP contribution in [-0.4, -0.2) is 14.5 Å². The first kappa shape index (κ1) is 14.2. The molecule has 96 valence electrons. The molecule has 0 bridgehead atoms. The largest absolute Gasteiger partial charge is 0.241 e. The third-order valence-electron chi connectivity index (χ3n) is 2.71. The zero-order chi connectivity index (χ0) is 13.1. The first-order valence-electron chi connectivity index (χ1n) is 5.96. The summed E-state index contributed by atoms with van der Waals surface area (Å²) in [5.74, 6) is 0. The van der Waals surface area contributed by atoms with E-state index >= 15 is 0 Å². The monoisotopic (exact) mass is 255 g/mol. The zero-order valence-corrected chi connectivity index (χ0v) is 11.8. The van der Waals surface area contributed by atoms with Crippen LogP contribution in [0.4, 0.5) is 0 Å². The van der Waals surface area contributed by atoms with Crippen molar-refractivity contribution in [1.29, 1.82) is 0 Å². The smallest absolute Gasteiger partial charge is 0.208 e. The number of hydrogen-bond acceptors (Lipinski definition) is 2. The van der Waals surface area contributed by atoms with Crippen molar-refractivity contribution in [2.75, 3.05) is 0 Å². The van der Waals surface area contributed by atoms with Crippen molar-refractivity contribution < 1.29 is 8.42 Å². The van der Waals surface area contributed by atoms with Gasteiger partial charge in [0.05, 0.1) is 4.90 Å². The topological polar surface area (TPSA) is 46.2 Å². The molecule has 0 aliphatic heterocycles. The number of hydrogen-bond donors (Lipinski definition) is 1. The minimum absolute atomic E-state index is 0.0232. The molecule has 0 amide bonds. The average molecular weight is 255 g/mol. The maximum absolute atomic E-state index is 12.2. The van der Waals surface area contributed by atoms with Gasteiger partial charge >= 0.3 is 0 Å². The maximum Gasteiger partial charge on any atom is 0.241 e. The number of aryl methyl sites for hydroxylation is 2. The van der Waals surface area contributed by atoms with Crippen LogP contribution in [0.1, 0.15) is 37.8 Å². The molecule has 0 aliphatic rings. The van der Waals surface area contributed by atoms with Crippen LogP contribution in [-0.2, 0) is 10.0 Å². The third-order valence-corrected chi connectivity index (χ3v) is 4.44. The van der Waals surface area contributed by atoms with Gasteiger partial charge in [0.1, 0.15) is 0 Å². The molecule has 17 heavy (non-hydrogen) atoms. The minimum atomic E-state index is -3.38. The summed E-state index contributed by atoms with van der Waals surface area (Å²) in [6, 6.07) is 5.46. The summed E-state index contributed by atoms with van der Waals surface area (Å²) in [6.45, 7) is 7.65. The summed E-state index contributed by atoms with van der Waals surface area (Å²) in [5, 5.41) is 0. The molecule has 0 fully saturated rings. The van der Waals surface area contributed by atoms with E-state index in [0.29, 0.717) is 4.90 Å². The Morgan fingerprint density at radius 3 is 2.53 bits per heavy atom. The van der Waals surface area contributed by atoms with Crippen LogP contribution < -0.4 is 4.72 Å². The second-order valence-corrected chi connectivity index (χ2v) is 6.26. The van der Waals surface area contributed by atoms with Gasteiger partial charge in [-0.2, -0.15) is 0 Å². The number of nitrogens with one attached hydrogen (secondary N) is 1. The van der Waals surface area contributed by atoms with Crippen LogP contribution in [0.15, 0.2) is 23.1 Å². The first-order chi connectivity index (χ1) is 7.86. The van der Waals surface area contributed by atoms with Gasteiger partial charge in [0.15, 0.2) is 0 Å². The van der Waals surface area contributed by atoms with Gasteiger partial charge in [-0.15, -0.1) is 0 Å². The summed E-state index contributed by atoms with van der Waals surface area (Å²) < 4.78 is 27.1. The Hall–Kier alpha value is -0.870. The van der Waals surface area contributed by atoms with Crippen molar-refractivity contribution in [3.05, 3.63) is 29.3 Å². The molecule has 0 radical (unpaired) electrons. The van der Waals surface area contributed by atoms with Crippen LogP contribution in [0.2, 0.25) is 0 Å². The van der Waals surface area contributed by atoms with Gasteiger partial charge in [-0.25, -0.2) is 13.1 Å². The second-order valence-electron chi connectivity index (χ2n) is 4.58. The van der Waals surface area contributed by atoms with E-state index in [2.05, 4.69) is 4.72 Å². The van der Waals surface area contributed by atoms with Gasteiger partial charge < -0.3 is 0 Å². The fraction of sp³-hybridized carbons (Fsp3) is 0.538. The molecule has 0 spiro atoms. The van der Waals surface area contributed by atoms with Crippen molar-refractivity contribution in [3.63, 3.8) is 0 Å².